The Kier molecular flexibility index (Phi) is 6.48. The first-order valence-electron chi connectivity index (χ1n) is 5.40. The Morgan fingerprint density at radius 1 is 1.60 bits per heavy atom. The third-order valence-corrected chi connectivity index (χ3v) is 4.37. The minimum absolute atomic E-state index is 0.619. The number of nitrogens with one attached hydrogen (secondary N) is 1. The van der Waals surface area contributed by atoms with Crippen molar-refractivity contribution in [1.29, 1.82) is 0 Å². The first-order valence-corrected chi connectivity index (χ1v) is 7.07. The van der Waals surface area contributed by atoms with Gasteiger partial charge in [-0.15, -0.1) is 11.3 Å². The summed E-state index contributed by atoms with van der Waals surface area (Å²) in [4.78, 5) is 1.36. The zero-order chi connectivity index (χ0) is 11.1. The molecule has 3 N–H and O–H groups in total. The van der Waals surface area contributed by atoms with Crippen molar-refractivity contribution in [3.8, 4) is 0 Å². The van der Waals surface area contributed by atoms with Crippen molar-refractivity contribution in [3.05, 3.63) is 20.8 Å². The van der Waals surface area contributed by atoms with Crippen LogP contribution in [0.5, 0.6) is 0 Å². The van der Waals surface area contributed by atoms with E-state index in [1.54, 1.807) is 11.3 Å². The fraction of sp³-hybridized carbons (Fsp3) is 0.636. The van der Waals surface area contributed by atoms with E-state index in [1.165, 1.54) is 22.2 Å². The summed E-state index contributed by atoms with van der Waals surface area (Å²) in [5, 5.41) is 5.57. The maximum Gasteiger partial charge on any atom is 0.0327 e. The molecule has 0 aliphatic carbocycles. The molecule has 0 spiro atoms. The summed E-state index contributed by atoms with van der Waals surface area (Å²) in [5.74, 6) is 0.619. The summed E-state index contributed by atoms with van der Waals surface area (Å²) >= 11 is 5.31. The van der Waals surface area contributed by atoms with Gasteiger partial charge >= 0.3 is 0 Å². The summed E-state index contributed by atoms with van der Waals surface area (Å²) in [7, 11) is 0. The molecular formula is C11H19BrN2S. The molecule has 2 nitrogen and oxygen atoms in total. The summed E-state index contributed by atoms with van der Waals surface area (Å²) in [6.07, 6.45) is 2.43. The molecule has 1 aromatic rings. The third-order valence-electron chi connectivity index (χ3n) is 2.44. The second kappa shape index (κ2) is 7.39. The monoisotopic (exact) mass is 290 g/mol. The van der Waals surface area contributed by atoms with Gasteiger partial charge in [0.1, 0.15) is 0 Å². The van der Waals surface area contributed by atoms with Crippen LogP contribution in [0.1, 0.15) is 24.6 Å². The average Bonchev–Trinajstić information content (AvgIpc) is 2.63. The Balaban J connectivity index is 2.23. The summed E-state index contributed by atoms with van der Waals surface area (Å²) < 4.78 is 1.21. The predicted octanol–water partition coefficient (Wildman–Crippen LogP) is 2.98. The Morgan fingerprint density at radius 2 is 2.40 bits per heavy atom. The highest BCUT2D eigenvalue weighted by Gasteiger charge is 2.06. The number of hydrogen-bond acceptors (Lipinski definition) is 3. The van der Waals surface area contributed by atoms with E-state index in [2.05, 4.69) is 39.6 Å². The number of thiophene rings is 1. The van der Waals surface area contributed by atoms with Crippen LogP contribution in [-0.4, -0.2) is 13.1 Å². The highest BCUT2D eigenvalue weighted by Crippen LogP contribution is 2.22. The van der Waals surface area contributed by atoms with Crippen molar-refractivity contribution in [3.63, 3.8) is 0 Å². The van der Waals surface area contributed by atoms with E-state index in [1.807, 2.05) is 0 Å². The number of hydrogen-bond donors (Lipinski definition) is 2. The standard InChI is InChI=1S/C11H19BrN2S/c1-2-3-9(6-13)7-14-8-11-10(12)4-5-15-11/h4-5,9,14H,2-3,6-8,13H2,1H3. The first kappa shape index (κ1) is 13.2. The highest BCUT2D eigenvalue weighted by atomic mass is 79.9. The van der Waals surface area contributed by atoms with Crippen LogP contribution in [0.3, 0.4) is 0 Å². The third kappa shape index (κ3) is 4.64. The quantitative estimate of drug-likeness (QED) is 0.810. The molecule has 1 heterocycles. The van der Waals surface area contributed by atoms with Crippen molar-refractivity contribution in [2.45, 2.75) is 26.3 Å². The lowest BCUT2D eigenvalue weighted by Gasteiger charge is -2.14. The molecule has 0 aliphatic rings. The van der Waals surface area contributed by atoms with Gasteiger partial charge in [0.25, 0.3) is 0 Å². The van der Waals surface area contributed by atoms with Gasteiger partial charge in [-0.05, 0) is 52.8 Å². The van der Waals surface area contributed by atoms with Gasteiger partial charge in [-0.1, -0.05) is 13.3 Å². The second-order valence-corrected chi connectivity index (χ2v) is 5.57. The van der Waals surface area contributed by atoms with Crippen molar-refractivity contribution in [2.24, 2.45) is 11.7 Å². The molecule has 0 saturated carbocycles. The molecule has 0 bridgehead atoms. The van der Waals surface area contributed by atoms with E-state index < -0.39 is 0 Å². The molecule has 0 aliphatic heterocycles. The van der Waals surface area contributed by atoms with E-state index >= 15 is 0 Å². The van der Waals surface area contributed by atoms with Gasteiger partial charge in [-0.25, -0.2) is 0 Å². The second-order valence-electron chi connectivity index (χ2n) is 3.71. The van der Waals surface area contributed by atoms with Gasteiger partial charge in [-0.3, -0.25) is 0 Å². The van der Waals surface area contributed by atoms with Crippen molar-refractivity contribution >= 4 is 27.3 Å². The van der Waals surface area contributed by atoms with Gasteiger partial charge in [0.2, 0.25) is 0 Å². The van der Waals surface area contributed by atoms with Crippen LogP contribution in [0.25, 0.3) is 0 Å². The zero-order valence-electron chi connectivity index (χ0n) is 9.13. The van der Waals surface area contributed by atoms with Crippen molar-refractivity contribution in [2.75, 3.05) is 13.1 Å². The number of nitrogens with two attached hydrogens (primary N) is 1. The van der Waals surface area contributed by atoms with Crippen LogP contribution in [0.4, 0.5) is 0 Å². The Labute approximate surface area is 104 Å². The lowest BCUT2D eigenvalue weighted by atomic mass is 10.0. The molecule has 1 unspecified atom stereocenters. The molecule has 0 radical (unpaired) electrons. The number of halogens is 1. The van der Waals surface area contributed by atoms with Gasteiger partial charge in [0, 0.05) is 15.9 Å². The molecule has 0 aromatic carbocycles. The largest absolute Gasteiger partial charge is 0.330 e. The van der Waals surface area contributed by atoms with Crippen molar-refractivity contribution < 1.29 is 0 Å². The number of rotatable bonds is 7. The fourth-order valence-corrected chi connectivity index (χ4v) is 3.01. The van der Waals surface area contributed by atoms with E-state index in [-0.39, 0.29) is 0 Å². The van der Waals surface area contributed by atoms with E-state index in [0.29, 0.717) is 5.92 Å². The molecule has 1 aromatic heterocycles. The van der Waals surface area contributed by atoms with Crippen LogP contribution >= 0.6 is 27.3 Å². The maximum atomic E-state index is 5.70. The molecule has 1 rings (SSSR count). The van der Waals surface area contributed by atoms with Crippen LogP contribution in [-0.2, 0) is 6.54 Å². The zero-order valence-corrected chi connectivity index (χ0v) is 11.5. The van der Waals surface area contributed by atoms with Crippen LogP contribution in [0, 0.1) is 5.92 Å². The molecule has 0 amide bonds. The van der Waals surface area contributed by atoms with Gasteiger partial charge in [-0.2, -0.15) is 0 Å². The highest BCUT2D eigenvalue weighted by molar-refractivity contribution is 9.10. The lowest BCUT2D eigenvalue weighted by Crippen LogP contribution is -2.27. The minimum atomic E-state index is 0.619. The van der Waals surface area contributed by atoms with Gasteiger partial charge in [0.15, 0.2) is 0 Å². The van der Waals surface area contributed by atoms with E-state index in [0.717, 1.165) is 19.6 Å². The molecular weight excluding hydrogens is 272 g/mol. The van der Waals surface area contributed by atoms with Gasteiger partial charge < -0.3 is 11.1 Å². The van der Waals surface area contributed by atoms with Gasteiger partial charge in [0.05, 0.1) is 0 Å². The summed E-state index contributed by atoms with van der Waals surface area (Å²) in [6.45, 7) is 4.96. The molecule has 1 atom stereocenters. The Hall–Kier alpha value is 0.100. The minimum Gasteiger partial charge on any atom is -0.330 e. The predicted molar refractivity (Wildman–Crippen MR) is 71.2 cm³/mol. The fourth-order valence-electron chi connectivity index (χ4n) is 1.55. The molecule has 86 valence electrons. The van der Waals surface area contributed by atoms with Crippen LogP contribution in [0.15, 0.2) is 15.9 Å². The smallest absolute Gasteiger partial charge is 0.0327 e. The normalized spacial score (nSPS) is 13.0. The van der Waals surface area contributed by atoms with Crippen LogP contribution in [0.2, 0.25) is 0 Å². The van der Waals surface area contributed by atoms with E-state index in [4.69, 9.17) is 5.73 Å². The van der Waals surface area contributed by atoms with Crippen LogP contribution < -0.4 is 11.1 Å². The summed E-state index contributed by atoms with van der Waals surface area (Å²) in [5.41, 5.74) is 5.70. The SMILES string of the molecule is CCCC(CN)CNCc1sccc1Br. The van der Waals surface area contributed by atoms with Crippen molar-refractivity contribution in [1.82, 2.24) is 5.32 Å². The molecule has 0 saturated heterocycles. The Bertz CT molecular complexity index is 275. The molecule has 4 heteroatoms. The Morgan fingerprint density at radius 3 is 2.93 bits per heavy atom. The lowest BCUT2D eigenvalue weighted by molar-refractivity contribution is 0.450. The summed E-state index contributed by atoms with van der Waals surface area (Å²) in [6, 6.07) is 2.09. The average molecular weight is 291 g/mol. The topological polar surface area (TPSA) is 38.0 Å². The van der Waals surface area contributed by atoms with E-state index in [9.17, 15) is 0 Å². The molecule has 0 fully saturated rings. The first-order chi connectivity index (χ1) is 7.27. The maximum absolute atomic E-state index is 5.70. The molecule has 15 heavy (non-hydrogen) atoms.